The Morgan fingerprint density at radius 1 is 1.10 bits per heavy atom. The molecular formula is C14H13F3N2O2. The molecule has 1 aromatic heterocycles. The summed E-state index contributed by atoms with van der Waals surface area (Å²) in [7, 11) is 1.44. The quantitative estimate of drug-likeness (QED) is 0.936. The minimum atomic E-state index is -4.57. The number of hydrogen-bond donors (Lipinski definition) is 1. The van der Waals surface area contributed by atoms with Crippen molar-refractivity contribution < 1.29 is 22.6 Å². The highest BCUT2D eigenvalue weighted by Gasteiger charge is 2.33. The Bertz CT molecular complexity index is 657. The zero-order valence-corrected chi connectivity index (χ0v) is 11.4. The molecule has 0 atom stereocenters. The highest BCUT2D eigenvalue weighted by molar-refractivity contribution is 5.55. The predicted octanol–water partition coefficient (Wildman–Crippen LogP) is 3.79. The molecule has 0 saturated carbocycles. The number of aryl methyl sites for hydroxylation is 1. The standard InChI is InChI=1S/C14H13F3N2O2/c1-8-3-4-10(12(5-8)20-2)21-11-6-13(14(15,16)17)19-7-9(11)18/h3-7H,18H2,1-2H3. The smallest absolute Gasteiger partial charge is 0.433 e. The first-order chi connectivity index (χ1) is 9.81. The normalized spacial score (nSPS) is 11.3. The Kier molecular flexibility index (Phi) is 3.93. The third-order valence-electron chi connectivity index (χ3n) is 2.72. The van der Waals surface area contributed by atoms with Gasteiger partial charge in [0.2, 0.25) is 0 Å². The van der Waals surface area contributed by atoms with Crippen LogP contribution in [0.15, 0.2) is 30.5 Å². The van der Waals surface area contributed by atoms with Gasteiger partial charge >= 0.3 is 6.18 Å². The van der Waals surface area contributed by atoms with Crippen molar-refractivity contribution in [2.45, 2.75) is 13.1 Å². The van der Waals surface area contributed by atoms with E-state index >= 15 is 0 Å². The monoisotopic (exact) mass is 298 g/mol. The van der Waals surface area contributed by atoms with Gasteiger partial charge in [-0.25, -0.2) is 4.98 Å². The van der Waals surface area contributed by atoms with E-state index in [1.807, 2.05) is 6.92 Å². The van der Waals surface area contributed by atoms with Crippen LogP contribution in [0, 0.1) is 6.92 Å². The first-order valence-corrected chi connectivity index (χ1v) is 5.96. The molecule has 0 fully saturated rings. The van der Waals surface area contributed by atoms with Crippen LogP contribution in [0.4, 0.5) is 18.9 Å². The Labute approximate surface area is 119 Å². The van der Waals surface area contributed by atoms with E-state index in [-0.39, 0.29) is 17.2 Å². The van der Waals surface area contributed by atoms with Gasteiger partial charge < -0.3 is 15.2 Å². The van der Waals surface area contributed by atoms with Gasteiger partial charge in [0.25, 0.3) is 0 Å². The molecule has 0 spiro atoms. The van der Waals surface area contributed by atoms with Crippen LogP contribution in [0.25, 0.3) is 0 Å². The van der Waals surface area contributed by atoms with Crippen molar-refractivity contribution >= 4 is 5.69 Å². The van der Waals surface area contributed by atoms with Gasteiger partial charge in [-0.3, -0.25) is 0 Å². The lowest BCUT2D eigenvalue weighted by Crippen LogP contribution is -2.08. The van der Waals surface area contributed by atoms with Gasteiger partial charge in [-0.2, -0.15) is 13.2 Å². The molecule has 0 aliphatic rings. The summed E-state index contributed by atoms with van der Waals surface area (Å²) in [6.07, 6.45) is -3.65. The number of ether oxygens (including phenoxy) is 2. The minimum absolute atomic E-state index is 0.00521. The molecule has 0 unspecified atom stereocenters. The summed E-state index contributed by atoms with van der Waals surface area (Å²) in [6, 6.07) is 5.81. The molecule has 0 aliphatic carbocycles. The largest absolute Gasteiger partial charge is 0.493 e. The molecular weight excluding hydrogens is 285 g/mol. The van der Waals surface area contributed by atoms with Crippen LogP contribution in [0.2, 0.25) is 0 Å². The molecule has 1 aromatic carbocycles. The molecule has 7 heteroatoms. The molecule has 4 nitrogen and oxygen atoms in total. The third-order valence-corrected chi connectivity index (χ3v) is 2.72. The molecule has 0 bridgehead atoms. The second kappa shape index (κ2) is 5.51. The highest BCUT2D eigenvalue weighted by Crippen LogP contribution is 2.37. The molecule has 2 aromatic rings. The van der Waals surface area contributed by atoms with Crippen molar-refractivity contribution in [3.05, 3.63) is 41.7 Å². The van der Waals surface area contributed by atoms with Gasteiger partial charge in [0.15, 0.2) is 17.2 Å². The SMILES string of the molecule is COc1cc(C)ccc1Oc1cc(C(F)(F)F)ncc1N. The number of rotatable bonds is 3. The molecule has 0 radical (unpaired) electrons. The van der Waals surface area contributed by atoms with E-state index in [1.54, 1.807) is 18.2 Å². The average Bonchev–Trinajstić information content (AvgIpc) is 2.41. The van der Waals surface area contributed by atoms with Crippen LogP contribution in [0.3, 0.4) is 0 Å². The lowest BCUT2D eigenvalue weighted by Gasteiger charge is -2.14. The van der Waals surface area contributed by atoms with Crippen LogP contribution in [-0.4, -0.2) is 12.1 Å². The molecule has 112 valence electrons. The maximum atomic E-state index is 12.7. The van der Waals surface area contributed by atoms with Crippen molar-refractivity contribution in [3.8, 4) is 17.2 Å². The second-order valence-corrected chi connectivity index (χ2v) is 4.36. The average molecular weight is 298 g/mol. The number of benzene rings is 1. The molecule has 2 rings (SSSR count). The summed E-state index contributed by atoms with van der Waals surface area (Å²) in [6.45, 7) is 1.86. The number of nitrogens with zero attached hydrogens (tertiary/aromatic N) is 1. The Morgan fingerprint density at radius 2 is 1.81 bits per heavy atom. The number of pyridine rings is 1. The highest BCUT2D eigenvalue weighted by atomic mass is 19.4. The zero-order valence-electron chi connectivity index (χ0n) is 11.4. The minimum Gasteiger partial charge on any atom is -0.493 e. The van der Waals surface area contributed by atoms with Crippen LogP contribution in [0.5, 0.6) is 17.2 Å². The lowest BCUT2D eigenvalue weighted by atomic mass is 10.2. The Hall–Kier alpha value is -2.44. The molecule has 0 aliphatic heterocycles. The maximum absolute atomic E-state index is 12.7. The third kappa shape index (κ3) is 3.36. The first kappa shape index (κ1) is 15.0. The molecule has 0 amide bonds. The zero-order chi connectivity index (χ0) is 15.6. The van der Waals surface area contributed by atoms with E-state index in [0.717, 1.165) is 17.8 Å². The van der Waals surface area contributed by atoms with E-state index in [2.05, 4.69) is 4.98 Å². The first-order valence-electron chi connectivity index (χ1n) is 5.96. The van der Waals surface area contributed by atoms with E-state index in [4.69, 9.17) is 15.2 Å². The number of methoxy groups -OCH3 is 1. The predicted molar refractivity (Wildman–Crippen MR) is 71.5 cm³/mol. The van der Waals surface area contributed by atoms with Crippen molar-refractivity contribution in [2.75, 3.05) is 12.8 Å². The van der Waals surface area contributed by atoms with Gasteiger partial charge in [-0.05, 0) is 24.6 Å². The van der Waals surface area contributed by atoms with E-state index in [0.29, 0.717) is 5.75 Å². The number of aromatic nitrogens is 1. The summed E-state index contributed by atoms with van der Waals surface area (Å²) in [4.78, 5) is 3.25. The second-order valence-electron chi connectivity index (χ2n) is 4.36. The molecule has 1 heterocycles. The van der Waals surface area contributed by atoms with Crippen molar-refractivity contribution in [1.82, 2.24) is 4.98 Å². The maximum Gasteiger partial charge on any atom is 0.433 e. The number of nitrogen functional groups attached to an aromatic ring is 1. The van der Waals surface area contributed by atoms with Crippen molar-refractivity contribution in [2.24, 2.45) is 0 Å². The van der Waals surface area contributed by atoms with Gasteiger partial charge in [-0.1, -0.05) is 6.07 Å². The molecule has 2 N–H and O–H groups in total. The van der Waals surface area contributed by atoms with Crippen LogP contribution >= 0.6 is 0 Å². The van der Waals surface area contributed by atoms with Crippen LogP contribution < -0.4 is 15.2 Å². The van der Waals surface area contributed by atoms with Crippen molar-refractivity contribution in [1.29, 1.82) is 0 Å². The number of nitrogens with two attached hydrogens (primary N) is 1. The summed E-state index contributed by atoms with van der Waals surface area (Å²) >= 11 is 0. The van der Waals surface area contributed by atoms with Crippen LogP contribution in [0.1, 0.15) is 11.3 Å². The van der Waals surface area contributed by atoms with Crippen LogP contribution in [-0.2, 0) is 6.18 Å². The van der Waals surface area contributed by atoms with E-state index < -0.39 is 11.9 Å². The number of alkyl halides is 3. The summed E-state index contributed by atoms with van der Waals surface area (Å²) < 4.78 is 48.5. The fourth-order valence-corrected chi connectivity index (χ4v) is 1.67. The topological polar surface area (TPSA) is 57.4 Å². The van der Waals surface area contributed by atoms with E-state index in [1.165, 1.54) is 7.11 Å². The Balaban J connectivity index is 2.40. The van der Waals surface area contributed by atoms with Gasteiger partial charge in [-0.15, -0.1) is 0 Å². The van der Waals surface area contributed by atoms with E-state index in [9.17, 15) is 13.2 Å². The van der Waals surface area contributed by atoms with Gasteiger partial charge in [0.1, 0.15) is 5.69 Å². The number of hydrogen-bond acceptors (Lipinski definition) is 4. The van der Waals surface area contributed by atoms with Gasteiger partial charge in [0.05, 0.1) is 19.0 Å². The lowest BCUT2D eigenvalue weighted by molar-refractivity contribution is -0.141. The fourth-order valence-electron chi connectivity index (χ4n) is 1.67. The van der Waals surface area contributed by atoms with Crippen molar-refractivity contribution in [3.63, 3.8) is 0 Å². The van der Waals surface area contributed by atoms with Gasteiger partial charge in [0, 0.05) is 6.07 Å². The Morgan fingerprint density at radius 3 is 2.43 bits per heavy atom. The summed E-state index contributed by atoms with van der Waals surface area (Å²) in [5.74, 6) is 0.549. The summed E-state index contributed by atoms with van der Waals surface area (Å²) in [5, 5.41) is 0. The number of anilines is 1. The summed E-state index contributed by atoms with van der Waals surface area (Å²) in [5.41, 5.74) is 5.47. The fraction of sp³-hybridized carbons (Fsp3) is 0.214. The molecule has 21 heavy (non-hydrogen) atoms. The number of halogens is 3. The molecule has 0 saturated heterocycles.